The summed E-state index contributed by atoms with van der Waals surface area (Å²) in [6, 6.07) is 4.00. The minimum Gasteiger partial charge on any atom is -0.491 e. The summed E-state index contributed by atoms with van der Waals surface area (Å²) in [4.78, 5) is 2.32. The number of nitrogens with zero attached hydrogens (tertiary/aromatic N) is 4. The number of morpholine rings is 1. The van der Waals surface area contributed by atoms with E-state index >= 15 is 0 Å². The molecule has 2 aromatic heterocycles. The van der Waals surface area contributed by atoms with E-state index in [1.807, 2.05) is 6.07 Å². The zero-order valence-corrected chi connectivity index (χ0v) is 13.0. The van der Waals surface area contributed by atoms with Gasteiger partial charge in [0.05, 0.1) is 36.7 Å². The molecule has 0 aliphatic carbocycles. The van der Waals surface area contributed by atoms with E-state index in [-0.39, 0.29) is 0 Å². The number of aromatic nitrogens is 2. The lowest BCUT2D eigenvalue weighted by Crippen LogP contribution is -2.38. The SMILES string of the molecule is N#Cc1cnn2cc(OCCN3CCOCC3)cc(Br)c12. The van der Waals surface area contributed by atoms with Gasteiger partial charge in [0.25, 0.3) is 0 Å². The molecule has 3 rings (SSSR count). The van der Waals surface area contributed by atoms with Gasteiger partial charge in [-0.15, -0.1) is 0 Å². The van der Waals surface area contributed by atoms with Crippen molar-refractivity contribution in [3.05, 3.63) is 28.5 Å². The predicted molar refractivity (Wildman–Crippen MR) is 80.4 cm³/mol. The topological polar surface area (TPSA) is 62.8 Å². The normalized spacial score (nSPS) is 16.0. The molecule has 1 aliphatic heterocycles. The first-order chi connectivity index (χ1) is 10.3. The van der Waals surface area contributed by atoms with Gasteiger partial charge in [0.1, 0.15) is 18.4 Å². The van der Waals surface area contributed by atoms with Crippen LogP contribution in [0.25, 0.3) is 5.52 Å². The molecule has 3 heterocycles. The summed E-state index contributed by atoms with van der Waals surface area (Å²) in [5, 5.41) is 13.2. The summed E-state index contributed by atoms with van der Waals surface area (Å²) in [5.74, 6) is 0.732. The van der Waals surface area contributed by atoms with E-state index < -0.39 is 0 Å². The van der Waals surface area contributed by atoms with Crippen LogP contribution in [-0.2, 0) is 4.74 Å². The molecule has 21 heavy (non-hydrogen) atoms. The zero-order valence-electron chi connectivity index (χ0n) is 11.5. The molecule has 0 radical (unpaired) electrons. The molecule has 0 saturated carbocycles. The zero-order chi connectivity index (χ0) is 14.7. The highest BCUT2D eigenvalue weighted by Gasteiger charge is 2.12. The maximum atomic E-state index is 9.03. The van der Waals surface area contributed by atoms with E-state index in [9.17, 15) is 0 Å². The molecule has 0 spiro atoms. The molecular formula is C14H15BrN4O2. The number of pyridine rings is 1. The van der Waals surface area contributed by atoms with Crippen LogP contribution in [0.15, 0.2) is 22.9 Å². The van der Waals surface area contributed by atoms with Crippen molar-refractivity contribution >= 4 is 21.4 Å². The number of rotatable bonds is 4. The van der Waals surface area contributed by atoms with E-state index in [2.05, 4.69) is 32.0 Å². The Morgan fingerprint density at radius 3 is 3.00 bits per heavy atom. The van der Waals surface area contributed by atoms with Crippen molar-refractivity contribution in [3.63, 3.8) is 0 Å². The maximum absolute atomic E-state index is 9.03. The van der Waals surface area contributed by atoms with Crippen molar-refractivity contribution in [1.29, 1.82) is 5.26 Å². The van der Waals surface area contributed by atoms with Crippen LogP contribution in [0.5, 0.6) is 5.75 Å². The van der Waals surface area contributed by atoms with Gasteiger partial charge in [-0.25, -0.2) is 4.52 Å². The van der Waals surface area contributed by atoms with Gasteiger partial charge in [0.15, 0.2) is 0 Å². The first kappa shape index (κ1) is 14.3. The van der Waals surface area contributed by atoms with Gasteiger partial charge in [-0.3, -0.25) is 4.90 Å². The Labute approximate surface area is 131 Å². The van der Waals surface area contributed by atoms with E-state index in [1.54, 1.807) is 16.9 Å². The Morgan fingerprint density at radius 1 is 1.43 bits per heavy atom. The molecule has 7 heteroatoms. The number of halogens is 1. The minimum atomic E-state index is 0.543. The Morgan fingerprint density at radius 2 is 2.24 bits per heavy atom. The van der Waals surface area contributed by atoms with Crippen LogP contribution in [-0.4, -0.2) is 54.0 Å². The molecule has 1 saturated heterocycles. The second-order valence-corrected chi connectivity index (χ2v) is 5.64. The molecule has 1 aliphatic rings. The van der Waals surface area contributed by atoms with Gasteiger partial charge in [0, 0.05) is 24.1 Å². The molecule has 0 amide bonds. The summed E-state index contributed by atoms with van der Waals surface area (Å²) in [5.41, 5.74) is 1.31. The Balaban J connectivity index is 1.66. The molecular weight excluding hydrogens is 336 g/mol. The number of hydrogen-bond acceptors (Lipinski definition) is 5. The average molecular weight is 351 g/mol. The van der Waals surface area contributed by atoms with Crippen molar-refractivity contribution in [1.82, 2.24) is 14.5 Å². The van der Waals surface area contributed by atoms with Crippen LogP contribution in [0.2, 0.25) is 0 Å². The van der Waals surface area contributed by atoms with Gasteiger partial charge >= 0.3 is 0 Å². The molecule has 0 bridgehead atoms. The predicted octanol–water partition coefficient (Wildman–Crippen LogP) is 1.68. The number of nitriles is 1. The lowest BCUT2D eigenvalue weighted by atomic mass is 10.3. The van der Waals surface area contributed by atoms with Crippen LogP contribution in [0.3, 0.4) is 0 Å². The smallest absolute Gasteiger partial charge is 0.138 e. The second-order valence-electron chi connectivity index (χ2n) is 4.79. The van der Waals surface area contributed by atoms with Gasteiger partial charge in [-0.05, 0) is 22.0 Å². The summed E-state index contributed by atoms with van der Waals surface area (Å²) in [6.07, 6.45) is 3.35. The van der Waals surface area contributed by atoms with Crippen LogP contribution in [0.1, 0.15) is 5.56 Å². The van der Waals surface area contributed by atoms with E-state index in [0.717, 1.165) is 48.6 Å². The fourth-order valence-corrected chi connectivity index (χ4v) is 2.95. The number of ether oxygens (including phenoxy) is 2. The largest absolute Gasteiger partial charge is 0.491 e. The summed E-state index contributed by atoms with van der Waals surface area (Å²) >= 11 is 3.47. The Kier molecular flexibility index (Phi) is 4.39. The third-order valence-corrected chi connectivity index (χ3v) is 4.05. The standard InChI is InChI=1S/C14H15BrN4O2/c15-13-7-12(10-19-14(13)11(8-16)9-17-19)21-6-3-18-1-4-20-5-2-18/h7,9-10H,1-6H2. The summed E-state index contributed by atoms with van der Waals surface area (Å²) in [6.45, 7) is 4.99. The van der Waals surface area contributed by atoms with Crippen LogP contribution < -0.4 is 4.74 Å². The van der Waals surface area contributed by atoms with E-state index in [0.29, 0.717) is 12.2 Å². The molecule has 0 unspecified atom stereocenters. The van der Waals surface area contributed by atoms with Crippen molar-refractivity contribution in [2.24, 2.45) is 0 Å². The first-order valence-electron chi connectivity index (χ1n) is 6.78. The fraction of sp³-hybridized carbons (Fsp3) is 0.429. The molecule has 1 fully saturated rings. The molecule has 2 aromatic rings. The maximum Gasteiger partial charge on any atom is 0.138 e. The molecule has 0 aromatic carbocycles. The third kappa shape index (κ3) is 3.18. The Bertz CT molecular complexity index is 673. The molecule has 0 atom stereocenters. The monoisotopic (exact) mass is 350 g/mol. The third-order valence-electron chi connectivity index (χ3n) is 3.44. The van der Waals surface area contributed by atoms with Crippen LogP contribution in [0, 0.1) is 11.3 Å². The van der Waals surface area contributed by atoms with E-state index in [4.69, 9.17) is 14.7 Å². The lowest BCUT2D eigenvalue weighted by molar-refractivity contribution is 0.0322. The summed E-state index contributed by atoms with van der Waals surface area (Å²) < 4.78 is 13.6. The van der Waals surface area contributed by atoms with E-state index in [1.165, 1.54) is 0 Å². The minimum absolute atomic E-state index is 0.543. The van der Waals surface area contributed by atoms with Crippen LogP contribution in [0.4, 0.5) is 0 Å². The molecule has 6 nitrogen and oxygen atoms in total. The highest BCUT2D eigenvalue weighted by atomic mass is 79.9. The molecule has 110 valence electrons. The number of fused-ring (bicyclic) bond motifs is 1. The summed E-state index contributed by atoms with van der Waals surface area (Å²) in [7, 11) is 0. The van der Waals surface area contributed by atoms with Crippen molar-refractivity contribution in [2.75, 3.05) is 39.5 Å². The first-order valence-corrected chi connectivity index (χ1v) is 7.57. The highest BCUT2D eigenvalue weighted by molar-refractivity contribution is 9.10. The fourth-order valence-electron chi connectivity index (χ4n) is 2.33. The van der Waals surface area contributed by atoms with Crippen molar-refractivity contribution < 1.29 is 9.47 Å². The number of hydrogen-bond donors (Lipinski definition) is 0. The quantitative estimate of drug-likeness (QED) is 0.839. The van der Waals surface area contributed by atoms with Crippen LogP contribution >= 0.6 is 15.9 Å². The van der Waals surface area contributed by atoms with Gasteiger partial charge in [-0.2, -0.15) is 10.4 Å². The highest BCUT2D eigenvalue weighted by Crippen LogP contribution is 2.26. The van der Waals surface area contributed by atoms with Gasteiger partial charge in [0.2, 0.25) is 0 Å². The van der Waals surface area contributed by atoms with Gasteiger partial charge in [-0.1, -0.05) is 0 Å². The van der Waals surface area contributed by atoms with Crippen molar-refractivity contribution in [2.45, 2.75) is 0 Å². The lowest BCUT2D eigenvalue weighted by Gasteiger charge is -2.26. The average Bonchev–Trinajstić information content (AvgIpc) is 2.92. The van der Waals surface area contributed by atoms with Crippen molar-refractivity contribution in [3.8, 4) is 11.8 Å². The molecule has 0 N–H and O–H groups in total. The second kappa shape index (κ2) is 6.43. The van der Waals surface area contributed by atoms with Gasteiger partial charge < -0.3 is 9.47 Å². The Hall–Kier alpha value is -1.62.